The number of nitrogens with zero attached hydrogens (tertiary/aromatic N) is 2. The van der Waals surface area contributed by atoms with Gasteiger partial charge in [-0.2, -0.15) is 5.10 Å². The molecule has 140 valence electrons. The predicted octanol–water partition coefficient (Wildman–Crippen LogP) is 3.73. The first-order valence-electron chi connectivity index (χ1n) is 9.04. The summed E-state index contributed by atoms with van der Waals surface area (Å²) in [5.74, 6) is 0.988. The summed E-state index contributed by atoms with van der Waals surface area (Å²) in [4.78, 5) is 14.8. The summed E-state index contributed by atoms with van der Waals surface area (Å²) in [5, 5.41) is 17.3. The zero-order chi connectivity index (χ0) is 19.0. The molecule has 3 aromatic rings. The van der Waals surface area contributed by atoms with E-state index in [4.69, 9.17) is 9.15 Å². The quantitative estimate of drug-likeness (QED) is 0.693. The molecule has 7 nitrogen and oxygen atoms in total. The molecule has 2 aromatic heterocycles. The summed E-state index contributed by atoms with van der Waals surface area (Å²) < 4.78 is 11.1. The first-order valence-corrected chi connectivity index (χ1v) is 9.04. The molecule has 1 aliphatic rings. The molecule has 7 heteroatoms. The summed E-state index contributed by atoms with van der Waals surface area (Å²) in [7, 11) is 0. The van der Waals surface area contributed by atoms with Gasteiger partial charge >= 0.3 is 0 Å². The lowest BCUT2D eigenvalue weighted by atomic mass is 9.97. The Kier molecular flexibility index (Phi) is 4.35. The van der Waals surface area contributed by atoms with Crippen molar-refractivity contribution in [2.24, 2.45) is 0 Å². The maximum absolute atomic E-state index is 13.0. The summed E-state index contributed by atoms with van der Waals surface area (Å²) in [6, 6.07) is 8.50. The van der Waals surface area contributed by atoms with Gasteiger partial charge in [-0.3, -0.25) is 9.89 Å². The number of aromatic amines is 1. The van der Waals surface area contributed by atoms with Crippen molar-refractivity contribution in [3.63, 3.8) is 0 Å². The minimum atomic E-state index is -0.328. The number of aromatic hydroxyl groups is 1. The molecule has 1 amide bonds. The van der Waals surface area contributed by atoms with E-state index in [9.17, 15) is 9.90 Å². The minimum absolute atomic E-state index is 0.0747. The molecule has 2 N–H and O–H groups in total. The number of amides is 1. The fraction of sp³-hybridized carbons (Fsp3) is 0.300. The molecule has 0 saturated carbocycles. The number of furan rings is 1. The van der Waals surface area contributed by atoms with E-state index in [-0.39, 0.29) is 17.7 Å². The number of ether oxygens (including phenoxy) is 1. The average molecular weight is 367 g/mol. The van der Waals surface area contributed by atoms with Crippen LogP contribution in [0.25, 0.3) is 11.5 Å². The minimum Gasteiger partial charge on any atom is -0.504 e. The molecule has 0 spiro atoms. The normalized spacial score (nSPS) is 16.0. The Morgan fingerprint density at radius 1 is 1.33 bits per heavy atom. The molecule has 1 atom stereocenters. The van der Waals surface area contributed by atoms with Gasteiger partial charge in [-0.1, -0.05) is 13.0 Å². The van der Waals surface area contributed by atoms with E-state index in [0.29, 0.717) is 36.0 Å². The number of hydrogen-bond donors (Lipinski definition) is 2. The predicted molar refractivity (Wildman–Crippen MR) is 98.7 cm³/mol. The number of fused-ring (bicyclic) bond motifs is 1. The highest BCUT2D eigenvalue weighted by atomic mass is 16.5. The second-order valence-electron chi connectivity index (χ2n) is 6.40. The third-order valence-electron chi connectivity index (χ3n) is 4.68. The van der Waals surface area contributed by atoms with Crippen molar-refractivity contribution in [3.05, 3.63) is 53.4 Å². The Hall–Kier alpha value is -3.22. The van der Waals surface area contributed by atoms with Crippen LogP contribution in [0, 0.1) is 0 Å². The SMILES string of the molecule is CCCN1C(=O)c2n[nH]c(-c3ccco3)c2[C@@H]1c1ccc(O)c(OCC)c1. The molecule has 1 aliphatic heterocycles. The van der Waals surface area contributed by atoms with Gasteiger partial charge in [-0.15, -0.1) is 0 Å². The molecule has 27 heavy (non-hydrogen) atoms. The standard InChI is InChI=1S/C20H21N3O4/c1-3-9-23-19(12-7-8-13(24)15(11-12)26-4-2)16-17(14-6-5-10-27-14)21-22-18(16)20(23)25/h5-8,10-11,19,24H,3-4,9H2,1-2H3,(H,21,22)/t19-/m0/s1. The smallest absolute Gasteiger partial charge is 0.275 e. The summed E-state index contributed by atoms with van der Waals surface area (Å²) in [6.45, 7) is 4.93. The van der Waals surface area contributed by atoms with E-state index in [2.05, 4.69) is 10.2 Å². The number of phenolic OH excluding ortho intramolecular Hbond substituents is 1. The van der Waals surface area contributed by atoms with E-state index in [1.165, 1.54) is 0 Å². The fourth-order valence-corrected chi connectivity index (χ4v) is 3.59. The molecule has 1 aromatic carbocycles. The van der Waals surface area contributed by atoms with E-state index < -0.39 is 0 Å². The van der Waals surface area contributed by atoms with Gasteiger partial charge in [0.1, 0.15) is 5.69 Å². The van der Waals surface area contributed by atoms with Crippen LogP contribution in [0.15, 0.2) is 41.0 Å². The Morgan fingerprint density at radius 3 is 2.89 bits per heavy atom. The summed E-state index contributed by atoms with van der Waals surface area (Å²) >= 11 is 0. The van der Waals surface area contributed by atoms with Gasteiger partial charge < -0.3 is 19.2 Å². The monoisotopic (exact) mass is 367 g/mol. The van der Waals surface area contributed by atoms with Crippen LogP contribution in [-0.4, -0.2) is 39.3 Å². The van der Waals surface area contributed by atoms with Crippen molar-refractivity contribution in [1.29, 1.82) is 0 Å². The molecular weight excluding hydrogens is 346 g/mol. The summed E-state index contributed by atoms with van der Waals surface area (Å²) in [5.41, 5.74) is 2.74. The number of nitrogens with one attached hydrogen (secondary N) is 1. The van der Waals surface area contributed by atoms with E-state index in [1.54, 1.807) is 29.4 Å². The van der Waals surface area contributed by atoms with Crippen LogP contribution in [0.2, 0.25) is 0 Å². The van der Waals surface area contributed by atoms with Crippen LogP contribution in [0.1, 0.15) is 47.9 Å². The van der Waals surface area contributed by atoms with Crippen LogP contribution >= 0.6 is 0 Å². The Balaban J connectivity index is 1.87. The molecule has 4 rings (SSSR count). The number of phenols is 1. The Morgan fingerprint density at radius 2 is 2.19 bits per heavy atom. The zero-order valence-corrected chi connectivity index (χ0v) is 15.2. The number of H-pyrrole nitrogens is 1. The van der Waals surface area contributed by atoms with Crippen LogP contribution in [-0.2, 0) is 0 Å². The molecule has 0 aliphatic carbocycles. The molecule has 0 unspecified atom stereocenters. The first kappa shape index (κ1) is 17.2. The maximum Gasteiger partial charge on any atom is 0.275 e. The second kappa shape index (κ2) is 6.83. The van der Waals surface area contributed by atoms with Crippen LogP contribution in [0.5, 0.6) is 11.5 Å². The number of aromatic nitrogens is 2. The molecule has 0 fully saturated rings. The number of benzene rings is 1. The van der Waals surface area contributed by atoms with Crippen LogP contribution in [0.4, 0.5) is 0 Å². The zero-order valence-electron chi connectivity index (χ0n) is 15.2. The van der Waals surface area contributed by atoms with Crippen molar-refractivity contribution in [2.45, 2.75) is 26.3 Å². The van der Waals surface area contributed by atoms with Gasteiger partial charge in [-0.05, 0) is 43.2 Å². The van der Waals surface area contributed by atoms with Crippen molar-refractivity contribution in [3.8, 4) is 23.0 Å². The van der Waals surface area contributed by atoms with Crippen molar-refractivity contribution in [1.82, 2.24) is 15.1 Å². The largest absolute Gasteiger partial charge is 0.504 e. The van der Waals surface area contributed by atoms with Crippen molar-refractivity contribution >= 4 is 5.91 Å². The van der Waals surface area contributed by atoms with Gasteiger partial charge in [0, 0.05) is 12.1 Å². The van der Waals surface area contributed by atoms with Crippen LogP contribution in [0.3, 0.4) is 0 Å². The van der Waals surface area contributed by atoms with Gasteiger partial charge in [0.15, 0.2) is 23.0 Å². The molecule has 0 saturated heterocycles. The van der Waals surface area contributed by atoms with Crippen molar-refractivity contribution in [2.75, 3.05) is 13.2 Å². The maximum atomic E-state index is 13.0. The fourth-order valence-electron chi connectivity index (χ4n) is 3.59. The number of carbonyl (C=O) groups excluding carboxylic acids is 1. The number of rotatable bonds is 6. The third kappa shape index (κ3) is 2.75. The summed E-state index contributed by atoms with van der Waals surface area (Å²) in [6.07, 6.45) is 2.41. The molecule has 3 heterocycles. The van der Waals surface area contributed by atoms with Gasteiger partial charge in [-0.25, -0.2) is 0 Å². The average Bonchev–Trinajstić information content (AvgIpc) is 3.37. The Labute approximate surface area is 156 Å². The lowest BCUT2D eigenvalue weighted by Crippen LogP contribution is -2.30. The number of carbonyl (C=O) groups is 1. The van der Waals surface area contributed by atoms with Gasteiger partial charge in [0.05, 0.1) is 18.9 Å². The Bertz CT molecular complexity index is 962. The van der Waals surface area contributed by atoms with Gasteiger partial charge in [0.25, 0.3) is 5.91 Å². The van der Waals surface area contributed by atoms with Gasteiger partial charge in [0.2, 0.25) is 0 Å². The van der Waals surface area contributed by atoms with E-state index in [1.807, 2.05) is 26.0 Å². The highest BCUT2D eigenvalue weighted by Gasteiger charge is 2.42. The lowest BCUT2D eigenvalue weighted by molar-refractivity contribution is 0.0743. The van der Waals surface area contributed by atoms with Crippen molar-refractivity contribution < 1.29 is 19.1 Å². The molecule has 0 bridgehead atoms. The third-order valence-corrected chi connectivity index (χ3v) is 4.68. The highest BCUT2D eigenvalue weighted by Crippen LogP contribution is 2.44. The topological polar surface area (TPSA) is 91.6 Å². The van der Waals surface area contributed by atoms with E-state index >= 15 is 0 Å². The first-order chi connectivity index (χ1) is 13.2. The second-order valence-corrected chi connectivity index (χ2v) is 6.40. The van der Waals surface area contributed by atoms with E-state index in [0.717, 1.165) is 17.5 Å². The highest BCUT2D eigenvalue weighted by molar-refractivity contribution is 6.00. The lowest BCUT2D eigenvalue weighted by Gasteiger charge is -2.26. The number of hydrogen-bond acceptors (Lipinski definition) is 5. The molecule has 0 radical (unpaired) electrons. The van der Waals surface area contributed by atoms with Crippen LogP contribution < -0.4 is 4.74 Å². The molecular formula is C20H21N3O4.